The van der Waals surface area contributed by atoms with Gasteiger partial charge < -0.3 is 0 Å². The first-order chi connectivity index (χ1) is 8.27. The maximum Gasteiger partial charge on any atom is 0 e. The van der Waals surface area contributed by atoms with E-state index in [4.69, 9.17) is 0 Å². The van der Waals surface area contributed by atoms with Gasteiger partial charge in [0, 0.05) is 8.41 Å². The van der Waals surface area contributed by atoms with Crippen molar-refractivity contribution >= 4 is 26.9 Å². The SMILES string of the molecule is CC(C)=CP(c1ccccc1)c1ccccc1.[B]. The molecule has 18 heavy (non-hydrogen) atoms. The number of allylic oxidation sites excluding steroid dienone is 1. The van der Waals surface area contributed by atoms with Gasteiger partial charge in [-0.05, 0) is 32.4 Å². The highest BCUT2D eigenvalue weighted by Crippen LogP contribution is 2.36. The van der Waals surface area contributed by atoms with Gasteiger partial charge in [-0.15, -0.1) is 0 Å². The molecule has 0 aliphatic carbocycles. The lowest BCUT2D eigenvalue weighted by Crippen LogP contribution is -2.09. The molecule has 3 radical (unpaired) electrons. The Morgan fingerprint density at radius 2 is 1.17 bits per heavy atom. The van der Waals surface area contributed by atoms with Gasteiger partial charge in [-0.2, -0.15) is 0 Å². The molecule has 0 aromatic heterocycles. The number of hydrogen-bond acceptors (Lipinski definition) is 0. The van der Waals surface area contributed by atoms with Gasteiger partial charge in [-0.25, -0.2) is 0 Å². The maximum absolute atomic E-state index is 2.39. The van der Waals surface area contributed by atoms with Crippen LogP contribution >= 0.6 is 7.92 Å². The Hall–Kier alpha value is -1.33. The van der Waals surface area contributed by atoms with Gasteiger partial charge in [0.25, 0.3) is 0 Å². The molecule has 0 fully saturated rings. The van der Waals surface area contributed by atoms with E-state index in [0.717, 1.165) is 0 Å². The fourth-order valence-corrected chi connectivity index (χ4v) is 3.83. The molecule has 2 aromatic rings. The number of rotatable bonds is 3. The van der Waals surface area contributed by atoms with Crippen molar-refractivity contribution in [2.45, 2.75) is 13.8 Å². The first-order valence-corrected chi connectivity index (χ1v) is 7.23. The quantitative estimate of drug-likeness (QED) is 0.576. The highest BCUT2D eigenvalue weighted by atomic mass is 31.1. The molecule has 2 heteroatoms. The number of benzene rings is 2. The van der Waals surface area contributed by atoms with Crippen molar-refractivity contribution in [3.05, 3.63) is 72.1 Å². The monoisotopic (exact) mass is 251 g/mol. The fraction of sp³-hybridized carbons (Fsp3) is 0.125. The molecule has 0 saturated carbocycles. The standard InChI is InChI=1S/C16H17P.B/c1-14(2)13-17(15-9-5-3-6-10-15)16-11-7-4-8-12-16;/h3-13H,1-2H3;. The minimum atomic E-state index is -0.352. The normalized spacial score (nSPS) is 9.72. The molecule has 0 atom stereocenters. The molecular weight excluding hydrogens is 234 g/mol. The van der Waals surface area contributed by atoms with Crippen molar-refractivity contribution in [3.8, 4) is 0 Å². The van der Waals surface area contributed by atoms with Crippen molar-refractivity contribution in [3.63, 3.8) is 0 Å². The van der Waals surface area contributed by atoms with Crippen LogP contribution in [0.5, 0.6) is 0 Å². The van der Waals surface area contributed by atoms with E-state index in [2.05, 4.69) is 80.3 Å². The van der Waals surface area contributed by atoms with Crippen LogP contribution in [-0.4, -0.2) is 8.41 Å². The molecule has 0 aliphatic rings. The fourth-order valence-electron chi connectivity index (χ4n) is 1.73. The van der Waals surface area contributed by atoms with E-state index in [1.54, 1.807) is 0 Å². The average molecular weight is 251 g/mol. The lowest BCUT2D eigenvalue weighted by atomic mass is 10.4. The van der Waals surface area contributed by atoms with Crippen LogP contribution in [0, 0.1) is 0 Å². The van der Waals surface area contributed by atoms with Crippen LogP contribution in [0.15, 0.2) is 72.1 Å². The molecule has 0 nitrogen and oxygen atoms in total. The zero-order chi connectivity index (χ0) is 12.1. The maximum atomic E-state index is 2.39. The smallest absolute Gasteiger partial charge is 0 e. The zero-order valence-corrected chi connectivity index (χ0v) is 11.8. The molecule has 2 rings (SSSR count). The second-order valence-electron chi connectivity index (χ2n) is 4.25. The molecular formula is C16H17BP. The summed E-state index contributed by atoms with van der Waals surface area (Å²) in [6.07, 6.45) is 0. The van der Waals surface area contributed by atoms with Crippen molar-refractivity contribution < 1.29 is 0 Å². The zero-order valence-electron chi connectivity index (χ0n) is 10.9. The Kier molecular flexibility index (Phi) is 5.88. The molecule has 0 aliphatic heterocycles. The summed E-state index contributed by atoms with van der Waals surface area (Å²) < 4.78 is 0. The van der Waals surface area contributed by atoms with Crippen LogP contribution in [-0.2, 0) is 0 Å². The molecule has 0 saturated heterocycles. The number of hydrogen-bond donors (Lipinski definition) is 0. The minimum Gasteiger partial charge on any atom is -0.0753 e. The van der Waals surface area contributed by atoms with Crippen molar-refractivity contribution in [1.82, 2.24) is 0 Å². The van der Waals surface area contributed by atoms with Crippen molar-refractivity contribution in [1.29, 1.82) is 0 Å². The van der Waals surface area contributed by atoms with Crippen LogP contribution in [0.25, 0.3) is 0 Å². The van der Waals surface area contributed by atoms with Gasteiger partial charge in [0.15, 0.2) is 0 Å². The third kappa shape index (κ3) is 3.86. The van der Waals surface area contributed by atoms with E-state index < -0.39 is 0 Å². The lowest BCUT2D eigenvalue weighted by molar-refractivity contribution is 1.41. The van der Waals surface area contributed by atoms with Gasteiger partial charge in [0.05, 0.1) is 0 Å². The summed E-state index contributed by atoms with van der Waals surface area (Å²) in [6.45, 7) is 4.34. The van der Waals surface area contributed by atoms with Gasteiger partial charge in [-0.1, -0.05) is 72.1 Å². The Labute approximate surface area is 113 Å². The summed E-state index contributed by atoms with van der Waals surface area (Å²) in [6, 6.07) is 21.5. The molecule has 2 aromatic carbocycles. The van der Waals surface area contributed by atoms with Crippen LogP contribution in [0.2, 0.25) is 0 Å². The molecule has 89 valence electrons. The average Bonchev–Trinajstić information content (AvgIpc) is 2.38. The molecule has 0 heterocycles. The van der Waals surface area contributed by atoms with Gasteiger partial charge in [-0.3, -0.25) is 0 Å². The van der Waals surface area contributed by atoms with Crippen molar-refractivity contribution in [2.75, 3.05) is 0 Å². The molecule has 0 spiro atoms. The Balaban J connectivity index is 0.00000162. The molecule has 0 amide bonds. The predicted octanol–water partition coefficient (Wildman–Crippen LogP) is 3.66. The minimum absolute atomic E-state index is 0. The third-order valence-electron chi connectivity index (χ3n) is 2.46. The third-order valence-corrected chi connectivity index (χ3v) is 4.94. The Bertz CT molecular complexity index is 448. The molecule has 0 bridgehead atoms. The van der Waals surface area contributed by atoms with Crippen LogP contribution in [0.1, 0.15) is 13.8 Å². The van der Waals surface area contributed by atoms with Gasteiger partial charge >= 0.3 is 0 Å². The second-order valence-corrected chi connectivity index (χ2v) is 6.28. The van der Waals surface area contributed by atoms with Crippen molar-refractivity contribution in [2.24, 2.45) is 0 Å². The first-order valence-electron chi connectivity index (χ1n) is 5.82. The topological polar surface area (TPSA) is 0 Å². The summed E-state index contributed by atoms with van der Waals surface area (Å²) in [5, 5.41) is 2.82. The summed E-state index contributed by atoms with van der Waals surface area (Å²) in [5.74, 6) is 2.39. The highest BCUT2D eigenvalue weighted by Gasteiger charge is 2.09. The second kappa shape index (κ2) is 7.19. The largest absolute Gasteiger partial charge is 0.0753 e. The van der Waals surface area contributed by atoms with E-state index in [0.29, 0.717) is 0 Å². The van der Waals surface area contributed by atoms with E-state index in [1.165, 1.54) is 16.2 Å². The van der Waals surface area contributed by atoms with Gasteiger partial charge in [0.1, 0.15) is 0 Å². The van der Waals surface area contributed by atoms with Gasteiger partial charge in [0.2, 0.25) is 0 Å². The predicted molar refractivity (Wildman–Crippen MR) is 84.3 cm³/mol. The summed E-state index contributed by atoms with van der Waals surface area (Å²) in [7, 11) is -0.352. The van der Waals surface area contributed by atoms with E-state index in [9.17, 15) is 0 Å². The Morgan fingerprint density at radius 1 is 0.778 bits per heavy atom. The van der Waals surface area contributed by atoms with E-state index in [1.807, 2.05) is 0 Å². The highest BCUT2D eigenvalue weighted by molar-refractivity contribution is 7.75. The van der Waals surface area contributed by atoms with E-state index >= 15 is 0 Å². The lowest BCUT2D eigenvalue weighted by Gasteiger charge is -2.15. The molecule has 0 unspecified atom stereocenters. The summed E-state index contributed by atoms with van der Waals surface area (Å²) in [5.41, 5.74) is 1.38. The van der Waals surface area contributed by atoms with Crippen LogP contribution in [0.3, 0.4) is 0 Å². The summed E-state index contributed by atoms with van der Waals surface area (Å²) >= 11 is 0. The van der Waals surface area contributed by atoms with Crippen LogP contribution in [0.4, 0.5) is 0 Å². The van der Waals surface area contributed by atoms with E-state index in [-0.39, 0.29) is 16.3 Å². The first kappa shape index (κ1) is 14.7. The Morgan fingerprint density at radius 3 is 1.50 bits per heavy atom. The molecule has 0 N–H and O–H groups in total. The van der Waals surface area contributed by atoms with Crippen LogP contribution < -0.4 is 10.6 Å². The summed E-state index contributed by atoms with van der Waals surface area (Å²) in [4.78, 5) is 0.